The molecule has 1 aliphatic heterocycles. The van der Waals surface area contributed by atoms with E-state index in [4.69, 9.17) is 5.11 Å². The molecular weight excluding hydrogens is 338 g/mol. The van der Waals surface area contributed by atoms with E-state index in [9.17, 15) is 13.2 Å². The number of benzene rings is 1. The van der Waals surface area contributed by atoms with E-state index in [1.54, 1.807) is 24.3 Å². The van der Waals surface area contributed by atoms with E-state index in [2.05, 4.69) is 31.5 Å². The van der Waals surface area contributed by atoms with E-state index in [-0.39, 0.29) is 6.54 Å². The van der Waals surface area contributed by atoms with E-state index in [0.29, 0.717) is 5.69 Å². The first-order chi connectivity index (χ1) is 8.90. The highest BCUT2D eigenvalue weighted by Crippen LogP contribution is 2.20. The molecule has 2 rings (SSSR count). The summed E-state index contributed by atoms with van der Waals surface area (Å²) in [4.78, 5) is 11.0. The highest BCUT2D eigenvalue weighted by molar-refractivity contribution is 9.10. The third-order valence-electron chi connectivity index (χ3n) is 2.69. The number of aliphatic carboxylic acids is 1. The van der Waals surface area contributed by atoms with E-state index in [0.717, 1.165) is 4.47 Å². The standard InChI is InChI=1S/C10H12BrN3O4S/c11-6-1-3-7(4-2-6)14-19(17,18)9-8(10(15)16)5-12-13-9/h1-4,8-9,12-14H,5H2,(H,15,16). The van der Waals surface area contributed by atoms with E-state index >= 15 is 0 Å². The van der Waals surface area contributed by atoms with Crippen molar-refractivity contribution >= 4 is 37.6 Å². The molecule has 1 heterocycles. The second-order valence-electron chi connectivity index (χ2n) is 4.04. The number of carboxylic acids is 1. The molecule has 19 heavy (non-hydrogen) atoms. The minimum Gasteiger partial charge on any atom is -0.481 e. The maximum absolute atomic E-state index is 12.1. The minimum absolute atomic E-state index is 0.0568. The van der Waals surface area contributed by atoms with Crippen molar-refractivity contribution in [1.82, 2.24) is 10.9 Å². The van der Waals surface area contributed by atoms with Crippen molar-refractivity contribution in [2.45, 2.75) is 5.37 Å². The Labute approximate surface area is 118 Å². The number of rotatable bonds is 4. The lowest BCUT2D eigenvalue weighted by molar-refractivity contribution is -0.140. The van der Waals surface area contributed by atoms with Crippen LogP contribution in [0.25, 0.3) is 0 Å². The van der Waals surface area contributed by atoms with Crippen molar-refractivity contribution in [2.75, 3.05) is 11.3 Å². The fourth-order valence-electron chi connectivity index (χ4n) is 1.73. The van der Waals surface area contributed by atoms with Gasteiger partial charge in [-0.25, -0.2) is 13.8 Å². The zero-order valence-corrected chi connectivity index (χ0v) is 12.0. The van der Waals surface area contributed by atoms with Crippen molar-refractivity contribution in [3.05, 3.63) is 28.7 Å². The van der Waals surface area contributed by atoms with Crippen LogP contribution in [0.5, 0.6) is 0 Å². The number of hydrogen-bond donors (Lipinski definition) is 4. The molecule has 1 fully saturated rings. The molecule has 1 aliphatic rings. The zero-order valence-electron chi connectivity index (χ0n) is 9.63. The number of hydrogen-bond acceptors (Lipinski definition) is 5. The molecule has 2 unspecified atom stereocenters. The smallest absolute Gasteiger partial charge is 0.310 e. The predicted molar refractivity (Wildman–Crippen MR) is 72.7 cm³/mol. The van der Waals surface area contributed by atoms with Gasteiger partial charge < -0.3 is 5.11 Å². The Hall–Kier alpha value is -1.16. The first-order valence-corrected chi connectivity index (χ1v) is 7.72. The summed E-state index contributed by atoms with van der Waals surface area (Å²) in [6.07, 6.45) is 0. The lowest BCUT2D eigenvalue weighted by Gasteiger charge is -2.17. The van der Waals surface area contributed by atoms with Gasteiger partial charge in [0.1, 0.15) is 5.92 Å². The van der Waals surface area contributed by atoms with Gasteiger partial charge in [-0.2, -0.15) is 0 Å². The number of halogens is 1. The highest BCUT2D eigenvalue weighted by Gasteiger charge is 2.41. The maximum Gasteiger partial charge on any atom is 0.310 e. The summed E-state index contributed by atoms with van der Waals surface area (Å²) in [5, 5.41) is 7.76. The quantitative estimate of drug-likeness (QED) is 0.623. The molecule has 1 aromatic carbocycles. The van der Waals surface area contributed by atoms with Crippen LogP contribution in [-0.2, 0) is 14.8 Å². The molecule has 9 heteroatoms. The number of carboxylic acid groups (broad SMARTS) is 1. The monoisotopic (exact) mass is 349 g/mol. The molecule has 0 saturated carbocycles. The first-order valence-electron chi connectivity index (χ1n) is 5.38. The summed E-state index contributed by atoms with van der Waals surface area (Å²) in [5.41, 5.74) is 5.39. The van der Waals surface area contributed by atoms with Gasteiger partial charge in [-0.15, -0.1) is 0 Å². The van der Waals surface area contributed by atoms with Crippen LogP contribution in [0.2, 0.25) is 0 Å². The van der Waals surface area contributed by atoms with Crippen molar-refractivity contribution in [3.8, 4) is 0 Å². The molecule has 0 amide bonds. The number of sulfonamides is 1. The SMILES string of the molecule is O=C(O)C1CNNC1S(=O)(=O)Nc1ccc(Br)cc1. The summed E-state index contributed by atoms with van der Waals surface area (Å²) in [5.74, 6) is -2.20. The number of nitrogens with one attached hydrogen (secondary N) is 3. The van der Waals surface area contributed by atoms with Crippen LogP contribution in [0.1, 0.15) is 0 Å². The fourth-order valence-corrected chi connectivity index (χ4v) is 3.47. The molecular formula is C10H12BrN3O4S. The Bertz CT molecular complexity index is 575. The lowest BCUT2D eigenvalue weighted by Crippen LogP contribution is -2.43. The summed E-state index contributed by atoms with van der Waals surface area (Å²) in [7, 11) is -3.84. The molecule has 1 aromatic rings. The minimum atomic E-state index is -3.84. The third kappa shape index (κ3) is 3.24. The maximum atomic E-state index is 12.1. The lowest BCUT2D eigenvalue weighted by atomic mass is 10.2. The van der Waals surface area contributed by atoms with Crippen molar-refractivity contribution in [3.63, 3.8) is 0 Å². The molecule has 7 nitrogen and oxygen atoms in total. The number of hydrazine groups is 1. The van der Waals surface area contributed by atoms with Crippen LogP contribution in [-0.4, -0.2) is 31.4 Å². The third-order valence-corrected chi connectivity index (χ3v) is 4.85. The Morgan fingerprint density at radius 3 is 2.58 bits per heavy atom. The van der Waals surface area contributed by atoms with Gasteiger partial charge in [-0.05, 0) is 24.3 Å². The molecule has 0 aromatic heterocycles. The van der Waals surface area contributed by atoms with Gasteiger partial charge in [0.15, 0.2) is 5.37 Å². The molecule has 0 radical (unpaired) electrons. The molecule has 104 valence electrons. The van der Waals surface area contributed by atoms with Gasteiger partial charge in [0.25, 0.3) is 10.0 Å². The van der Waals surface area contributed by atoms with Crippen LogP contribution in [0.15, 0.2) is 28.7 Å². The number of anilines is 1. The molecule has 0 spiro atoms. The van der Waals surface area contributed by atoms with Crippen LogP contribution < -0.4 is 15.6 Å². The molecule has 0 aliphatic carbocycles. The summed E-state index contributed by atoms with van der Waals surface area (Å²) in [6, 6.07) is 6.54. The number of carbonyl (C=O) groups is 1. The van der Waals surface area contributed by atoms with E-state index in [1.807, 2.05) is 0 Å². The normalized spacial score (nSPS) is 23.2. The Kier molecular flexibility index (Phi) is 4.09. The van der Waals surface area contributed by atoms with Gasteiger partial charge in [-0.3, -0.25) is 14.9 Å². The highest BCUT2D eigenvalue weighted by atomic mass is 79.9. The van der Waals surface area contributed by atoms with Crippen LogP contribution in [0.4, 0.5) is 5.69 Å². The van der Waals surface area contributed by atoms with Crippen molar-refractivity contribution in [2.24, 2.45) is 5.92 Å². The largest absolute Gasteiger partial charge is 0.481 e. The van der Waals surface area contributed by atoms with Gasteiger partial charge in [0, 0.05) is 16.7 Å². The molecule has 2 atom stereocenters. The van der Waals surface area contributed by atoms with Crippen LogP contribution in [0, 0.1) is 5.92 Å². The van der Waals surface area contributed by atoms with E-state index in [1.165, 1.54) is 0 Å². The second-order valence-corrected chi connectivity index (χ2v) is 6.76. The molecule has 0 bridgehead atoms. The van der Waals surface area contributed by atoms with Crippen molar-refractivity contribution < 1.29 is 18.3 Å². The van der Waals surface area contributed by atoms with E-state index < -0.39 is 27.3 Å². The van der Waals surface area contributed by atoms with Gasteiger partial charge in [-0.1, -0.05) is 15.9 Å². The average molecular weight is 350 g/mol. The van der Waals surface area contributed by atoms with Gasteiger partial charge in [0.05, 0.1) is 0 Å². The van der Waals surface area contributed by atoms with Crippen LogP contribution in [0.3, 0.4) is 0 Å². The second kappa shape index (κ2) is 5.45. The first kappa shape index (κ1) is 14.3. The average Bonchev–Trinajstić information content (AvgIpc) is 2.82. The Morgan fingerprint density at radius 1 is 1.37 bits per heavy atom. The zero-order chi connectivity index (χ0) is 14.0. The van der Waals surface area contributed by atoms with Crippen molar-refractivity contribution in [1.29, 1.82) is 0 Å². The molecule has 4 N–H and O–H groups in total. The summed E-state index contributed by atoms with van der Waals surface area (Å²) < 4.78 is 27.4. The topological polar surface area (TPSA) is 108 Å². The van der Waals surface area contributed by atoms with Crippen LogP contribution >= 0.6 is 15.9 Å². The Balaban J connectivity index is 2.18. The predicted octanol–water partition coefficient (Wildman–Crippen LogP) is 0.325. The van der Waals surface area contributed by atoms with Gasteiger partial charge in [0.2, 0.25) is 0 Å². The Morgan fingerprint density at radius 2 is 2.00 bits per heavy atom. The summed E-state index contributed by atoms with van der Waals surface area (Å²) in [6.45, 7) is 0.0568. The molecule has 1 saturated heterocycles. The van der Waals surface area contributed by atoms with Gasteiger partial charge >= 0.3 is 5.97 Å². The fraction of sp³-hybridized carbons (Fsp3) is 0.300. The summed E-state index contributed by atoms with van der Waals surface area (Å²) >= 11 is 3.24.